The predicted molar refractivity (Wildman–Crippen MR) is 115 cm³/mol. The quantitative estimate of drug-likeness (QED) is 0.662. The van der Waals surface area contributed by atoms with E-state index in [0.717, 1.165) is 17.7 Å². The molecule has 1 aliphatic heterocycles. The van der Waals surface area contributed by atoms with E-state index < -0.39 is 29.8 Å². The third kappa shape index (κ3) is 5.28. The summed E-state index contributed by atoms with van der Waals surface area (Å²) in [4.78, 5) is 49.9. The molecule has 8 nitrogen and oxygen atoms in total. The van der Waals surface area contributed by atoms with Crippen molar-refractivity contribution in [2.45, 2.75) is 32.8 Å². The lowest BCUT2D eigenvalue weighted by Gasteiger charge is -2.18. The average molecular weight is 423 g/mol. The van der Waals surface area contributed by atoms with Gasteiger partial charge in [0.15, 0.2) is 6.10 Å². The second kappa shape index (κ2) is 9.42. The van der Waals surface area contributed by atoms with Gasteiger partial charge in [-0.3, -0.25) is 19.2 Å². The van der Waals surface area contributed by atoms with Crippen LogP contribution in [0.3, 0.4) is 0 Å². The minimum Gasteiger partial charge on any atom is -0.452 e. The molecule has 1 heterocycles. The van der Waals surface area contributed by atoms with E-state index in [1.807, 2.05) is 24.3 Å². The van der Waals surface area contributed by atoms with Gasteiger partial charge in [-0.25, -0.2) is 0 Å². The number of carbonyl (C=O) groups is 4. The van der Waals surface area contributed by atoms with Gasteiger partial charge in [0, 0.05) is 29.9 Å². The monoisotopic (exact) mass is 423 g/mol. The number of nitrogens with two attached hydrogens (primary N) is 1. The van der Waals surface area contributed by atoms with Gasteiger partial charge in [-0.2, -0.15) is 0 Å². The van der Waals surface area contributed by atoms with Crippen molar-refractivity contribution >= 4 is 35.1 Å². The number of ether oxygens (including phenoxy) is 1. The lowest BCUT2D eigenvalue weighted by molar-refractivity contribution is -0.157. The number of hydrogen-bond acceptors (Lipinski definition) is 5. The van der Waals surface area contributed by atoms with Crippen molar-refractivity contribution in [2.75, 3.05) is 16.8 Å². The smallest absolute Gasteiger partial charge is 0.312 e. The predicted octanol–water partition coefficient (Wildman–Crippen LogP) is 2.27. The number of amides is 3. The van der Waals surface area contributed by atoms with E-state index in [0.29, 0.717) is 11.3 Å². The van der Waals surface area contributed by atoms with Crippen LogP contribution in [-0.4, -0.2) is 36.3 Å². The Balaban J connectivity index is 1.55. The molecule has 0 aromatic heterocycles. The van der Waals surface area contributed by atoms with Crippen molar-refractivity contribution in [1.82, 2.24) is 0 Å². The molecule has 0 bridgehead atoms. The van der Waals surface area contributed by atoms with Crippen molar-refractivity contribution < 1.29 is 23.9 Å². The number of primary amides is 1. The van der Waals surface area contributed by atoms with Crippen LogP contribution in [0.5, 0.6) is 0 Å². The molecule has 0 unspecified atom stereocenters. The van der Waals surface area contributed by atoms with Crippen molar-refractivity contribution in [2.24, 2.45) is 11.7 Å². The molecular formula is C23H25N3O5. The Morgan fingerprint density at radius 3 is 2.35 bits per heavy atom. The molecule has 8 heteroatoms. The summed E-state index contributed by atoms with van der Waals surface area (Å²) in [6, 6.07) is 13.7. The molecular weight excluding hydrogens is 398 g/mol. The largest absolute Gasteiger partial charge is 0.452 e. The number of anilines is 2. The molecule has 0 spiro atoms. The number of nitrogens with one attached hydrogen (secondary N) is 1. The molecule has 1 aliphatic rings. The molecule has 2 aromatic rings. The molecule has 0 radical (unpaired) electrons. The first-order chi connectivity index (χ1) is 14.8. The van der Waals surface area contributed by atoms with Crippen LogP contribution in [0.1, 0.15) is 36.2 Å². The fourth-order valence-electron chi connectivity index (χ4n) is 3.31. The first kappa shape index (κ1) is 22.0. The summed E-state index contributed by atoms with van der Waals surface area (Å²) in [5.74, 6) is -2.47. The Labute approximate surface area is 180 Å². The van der Waals surface area contributed by atoms with Gasteiger partial charge in [0.2, 0.25) is 11.8 Å². The number of nitrogens with zero attached hydrogens (tertiary/aromatic N) is 1. The van der Waals surface area contributed by atoms with Crippen molar-refractivity contribution in [1.29, 1.82) is 0 Å². The lowest BCUT2D eigenvalue weighted by atomic mass is 10.1. The van der Waals surface area contributed by atoms with E-state index in [-0.39, 0.29) is 18.9 Å². The highest BCUT2D eigenvalue weighted by Gasteiger charge is 2.37. The standard InChI is InChI=1S/C23H25N3O5/c1-3-15-4-10-19(11-5-15)26-13-17(12-20(26)27)23(30)31-14(2)22(29)25-18-8-6-16(7-9-18)21(24)28/h4-11,14,17H,3,12-13H2,1-2H3,(H2,24,28)(H,25,29)/t14-,17+/m0/s1. The van der Waals surface area contributed by atoms with Crippen LogP contribution in [0.15, 0.2) is 48.5 Å². The van der Waals surface area contributed by atoms with Gasteiger partial charge in [-0.1, -0.05) is 19.1 Å². The average Bonchev–Trinajstić information content (AvgIpc) is 3.15. The van der Waals surface area contributed by atoms with Gasteiger partial charge in [0.25, 0.3) is 5.91 Å². The molecule has 31 heavy (non-hydrogen) atoms. The van der Waals surface area contributed by atoms with Crippen LogP contribution in [-0.2, 0) is 25.5 Å². The first-order valence-corrected chi connectivity index (χ1v) is 10.1. The molecule has 1 saturated heterocycles. The van der Waals surface area contributed by atoms with Crippen molar-refractivity contribution in [3.05, 3.63) is 59.7 Å². The normalized spacial score (nSPS) is 16.6. The third-order valence-electron chi connectivity index (χ3n) is 5.21. The summed E-state index contributed by atoms with van der Waals surface area (Å²) < 4.78 is 5.30. The van der Waals surface area contributed by atoms with Gasteiger partial charge in [-0.05, 0) is 55.3 Å². The second-order valence-electron chi connectivity index (χ2n) is 7.44. The number of esters is 1. The first-order valence-electron chi connectivity index (χ1n) is 10.1. The van der Waals surface area contributed by atoms with Gasteiger partial charge in [0.1, 0.15) is 0 Å². The Kier molecular flexibility index (Phi) is 6.69. The molecule has 3 rings (SSSR count). The molecule has 2 atom stereocenters. The van der Waals surface area contributed by atoms with E-state index in [9.17, 15) is 19.2 Å². The Bertz CT molecular complexity index is 985. The highest BCUT2D eigenvalue weighted by atomic mass is 16.5. The SMILES string of the molecule is CCc1ccc(N2C[C@H](C(=O)O[C@@H](C)C(=O)Nc3ccc(C(N)=O)cc3)CC2=O)cc1. The summed E-state index contributed by atoms with van der Waals surface area (Å²) in [5.41, 5.74) is 7.84. The summed E-state index contributed by atoms with van der Waals surface area (Å²) in [6.07, 6.45) is -0.105. The third-order valence-corrected chi connectivity index (χ3v) is 5.21. The van der Waals surface area contributed by atoms with Crippen LogP contribution in [0.2, 0.25) is 0 Å². The minimum atomic E-state index is -1.05. The van der Waals surface area contributed by atoms with E-state index in [1.54, 1.807) is 4.90 Å². The molecule has 0 saturated carbocycles. The fourth-order valence-corrected chi connectivity index (χ4v) is 3.31. The highest BCUT2D eigenvalue weighted by Crippen LogP contribution is 2.26. The Hall–Kier alpha value is -3.68. The number of rotatable bonds is 7. The number of aryl methyl sites for hydroxylation is 1. The zero-order valence-corrected chi connectivity index (χ0v) is 17.5. The van der Waals surface area contributed by atoms with Crippen LogP contribution >= 0.6 is 0 Å². The van der Waals surface area contributed by atoms with Crippen molar-refractivity contribution in [3.8, 4) is 0 Å². The van der Waals surface area contributed by atoms with E-state index >= 15 is 0 Å². The Morgan fingerprint density at radius 2 is 1.77 bits per heavy atom. The Morgan fingerprint density at radius 1 is 1.13 bits per heavy atom. The molecule has 0 aliphatic carbocycles. The lowest BCUT2D eigenvalue weighted by Crippen LogP contribution is -2.33. The maximum absolute atomic E-state index is 12.5. The van der Waals surface area contributed by atoms with Crippen LogP contribution in [0.4, 0.5) is 11.4 Å². The van der Waals surface area contributed by atoms with Crippen molar-refractivity contribution in [3.63, 3.8) is 0 Å². The molecule has 162 valence electrons. The number of benzene rings is 2. The summed E-state index contributed by atoms with van der Waals surface area (Å²) in [7, 11) is 0. The zero-order valence-electron chi connectivity index (χ0n) is 17.5. The van der Waals surface area contributed by atoms with Crippen LogP contribution in [0, 0.1) is 5.92 Å². The van der Waals surface area contributed by atoms with Crippen LogP contribution < -0.4 is 16.0 Å². The van der Waals surface area contributed by atoms with E-state index in [4.69, 9.17) is 10.5 Å². The highest BCUT2D eigenvalue weighted by molar-refractivity contribution is 6.00. The second-order valence-corrected chi connectivity index (χ2v) is 7.44. The molecule has 3 N–H and O–H groups in total. The molecule has 2 aromatic carbocycles. The maximum Gasteiger partial charge on any atom is 0.312 e. The minimum absolute atomic E-state index is 0.0390. The van der Waals surface area contributed by atoms with E-state index in [1.165, 1.54) is 31.2 Å². The van der Waals surface area contributed by atoms with Crippen LogP contribution in [0.25, 0.3) is 0 Å². The van der Waals surface area contributed by atoms with Gasteiger partial charge >= 0.3 is 5.97 Å². The topological polar surface area (TPSA) is 119 Å². The summed E-state index contributed by atoms with van der Waals surface area (Å²) in [6.45, 7) is 3.73. The molecule has 3 amide bonds. The molecule has 1 fully saturated rings. The fraction of sp³-hybridized carbons (Fsp3) is 0.304. The summed E-state index contributed by atoms with van der Waals surface area (Å²) >= 11 is 0. The van der Waals surface area contributed by atoms with E-state index in [2.05, 4.69) is 12.2 Å². The number of carbonyl (C=O) groups excluding carboxylic acids is 4. The van der Waals surface area contributed by atoms with Gasteiger partial charge in [0.05, 0.1) is 5.92 Å². The zero-order chi connectivity index (χ0) is 22.5. The van der Waals surface area contributed by atoms with Gasteiger partial charge < -0.3 is 20.7 Å². The maximum atomic E-state index is 12.5. The number of hydrogen-bond donors (Lipinski definition) is 2. The summed E-state index contributed by atoms with van der Waals surface area (Å²) in [5, 5.41) is 2.61. The van der Waals surface area contributed by atoms with Gasteiger partial charge in [-0.15, -0.1) is 0 Å².